The lowest BCUT2D eigenvalue weighted by Crippen LogP contribution is -2.41. The van der Waals surface area contributed by atoms with E-state index in [0.717, 1.165) is 7.05 Å². The van der Waals surface area contributed by atoms with Gasteiger partial charge < -0.3 is 5.11 Å². The molecule has 0 aromatic heterocycles. The Kier molecular flexibility index (Phi) is 4.92. The van der Waals surface area contributed by atoms with Crippen molar-refractivity contribution in [2.45, 2.75) is 12.6 Å². The molecule has 0 heterocycles. The number of carboxylic acids is 1. The third kappa shape index (κ3) is 5.50. The van der Waals surface area contributed by atoms with Gasteiger partial charge in [0.05, 0.1) is 6.54 Å². The number of alkyl halides is 5. The van der Waals surface area contributed by atoms with Gasteiger partial charge in [0.2, 0.25) is 0 Å². The maximum atomic E-state index is 12.1. The van der Waals surface area contributed by atoms with Gasteiger partial charge in [0.15, 0.2) is 5.92 Å². The fourth-order valence-corrected chi connectivity index (χ4v) is 0.943. The molecule has 0 bridgehead atoms. The summed E-state index contributed by atoms with van der Waals surface area (Å²) in [5.74, 6) is -4.70. The normalized spacial score (nSPS) is 14.7. The van der Waals surface area contributed by atoms with Crippen LogP contribution in [0.3, 0.4) is 0 Å². The second-order valence-electron chi connectivity index (χ2n) is 3.04. The Labute approximate surface area is 82.5 Å². The van der Waals surface area contributed by atoms with E-state index in [1.54, 1.807) is 0 Å². The van der Waals surface area contributed by atoms with Crippen molar-refractivity contribution in [1.29, 1.82) is 0 Å². The van der Waals surface area contributed by atoms with E-state index in [1.807, 2.05) is 0 Å². The largest absolute Gasteiger partial charge is 0.481 e. The zero-order chi connectivity index (χ0) is 12.2. The maximum Gasteiger partial charge on any atom is 0.403 e. The summed E-state index contributed by atoms with van der Waals surface area (Å²) in [4.78, 5) is 10.9. The lowest BCUT2D eigenvalue weighted by Gasteiger charge is -2.22. The lowest BCUT2D eigenvalue weighted by molar-refractivity contribution is -0.196. The van der Waals surface area contributed by atoms with Crippen molar-refractivity contribution in [3.05, 3.63) is 0 Å². The molecule has 0 aliphatic rings. The van der Waals surface area contributed by atoms with Gasteiger partial charge in [-0.15, -0.1) is 0 Å². The van der Waals surface area contributed by atoms with Crippen LogP contribution in [-0.4, -0.2) is 48.7 Å². The van der Waals surface area contributed by atoms with E-state index >= 15 is 0 Å². The SMILES string of the molecule is CN(CC(F)F)CC(C(=O)O)C(F)(F)F. The van der Waals surface area contributed by atoms with Gasteiger partial charge in [-0.1, -0.05) is 0 Å². The molecule has 0 spiro atoms. The van der Waals surface area contributed by atoms with Crippen LogP contribution >= 0.6 is 0 Å². The van der Waals surface area contributed by atoms with Crippen LogP contribution in [0.4, 0.5) is 22.0 Å². The molecule has 0 aliphatic heterocycles. The van der Waals surface area contributed by atoms with Crippen molar-refractivity contribution in [3.63, 3.8) is 0 Å². The summed E-state index contributed by atoms with van der Waals surface area (Å²) in [6.45, 7) is -1.87. The molecule has 0 aromatic carbocycles. The molecule has 8 heteroatoms. The van der Waals surface area contributed by atoms with Crippen LogP contribution in [0.1, 0.15) is 0 Å². The summed E-state index contributed by atoms with van der Waals surface area (Å²) in [6, 6.07) is 0. The first-order valence-electron chi connectivity index (χ1n) is 3.90. The molecule has 0 saturated heterocycles. The average Bonchev–Trinajstić information content (AvgIpc) is 1.95. The average molecular weight is 235 g/mol. The summed E-state index contributed by atoms with van der Waals surface area (Å²) in [6.07, 6.45) is -7.72. The number of carbonyl (C=O) groups is 1. The van der Waals surface area contributed by atoms with Crippen molar-refractivity contribution < 1.29 is 31.9 Å². The predicted molar refractivity (Wildman–Crippen MR) is 40.7 cm³/mol. The molecule has 0 radical (unpaired) electrons. The van der Waals surface area contributed by atoms with Crippen LogP contribution in [0.5, 0.6) is 0 Å². The predicted octanol–water partition coefficient (Wildman–Crippen LogP) is 1.45. The van der Waals surface area contributed by atoms with Crippen molar-refractivity contribution in [3.8, 4) is 0 Å². The van der Waals surface area contributed by atoms with E-state index in [4.69, 9.17) is 5.11 Å². The number of carboxylic acid groups (broad SMARTS) is 1. The Morgan fingerprint density at radius 1 is 1.33 bits per heavy atom. The van der Waals surface area contributed by atoms with E-state index in [1.165, 1.54) is 0 Å². The van der Waals surface area contributed by atoms with Crippen LogP contribution in [0.2, 0.25) is 0 Å². The molecular weight excluding hydrogens is 225 g/mol. The first kappa shape index (κ1) is 14.1. The molecule has 1 unspecified atom stereocenters. The first-order chi connectivity index (χ1) is 6.64. The Morgan fingerprint density at radius 2 is 1.80 bits per heavy atom. The Bertz CT molecular complexity index is 218. The molecule has 0 aliphatic carbocycles. The zero-order valence-corrected chi connectivity index (χ0v) is 7.76. The molecule has 1 atom stereocenters. The van der Waals surface area contributed by atoms with Crippen LogP contribution < -0.4 is 0 Å². The maximum absolute atomic E-state index is 12.1. The molecule has 1 N–H and O–H groups in total. The van der Waals surface area contributed by atoms with Gasteiger partial charge in [-0.2, -0.15) is 13.2 Å². The first-order valence-corrected chi connectivity index (χ1v) is 3.90. The van der Waals surface area contributed by atoms with E-state index in [2.05, 4.69) is 0 Å². The quantitative estimate of drug-likeness (QED) is 0.733. The fourth-order valence-electron chi connectivity index (χ4n) is 0.943. The molecule has 0 saturated carbocycles. The van der Waals surface area contributed by atoms with Gasteiger partial charge >= 0.3 is 12.1 Å². The molecule has 0 aromatic rings. The van der Waals surface area contributed by atoms with Crippen molar-refractivity contribution in [2.24, 2.45) is 5.92 Å². The second kappa shape index (κ2) is 5.24. The molecule has 0 fully saturated rings. The molecular formula is C7H10F5NO2. The van der Waals surface area contributed by atoms with Gasteiger partial charge in [-0.3, -0.25) is 9.69 Å². The number of hydrogen-bond acceptors (Lipinski definition) is 2. The third-order valence-electron chi connectivity index (χ3n) is 1.64. The highest BCUT2D eigenvalue weighted by atomic mass is 19.4. The van der Waals surface area contributed by atoms with Gasteiger partial charge in [0.25, 0.3) is 6.43 Å². The number of aliphatic carboxylic acids is 1. The van der Waals surface area contributed by atoms with Crippen molar-refractivity contribution in [1.82, 2.24) is 4.90 Å². The minimum absolute atomic E-state index is 0.636. The molecule has 15 heavy (non-hydrogen) atoms. The van der Waals surface area contributed by atoms with Crippen molar-refractivity contribution >= 4 is 5.97 Å². The van der Waals surface area contributed by atoms with Crippen LogP contribution in [0.15, 0.2) is 0 Å². The van der Waals surface area contributed by atoms with E-state index in [9.17, 15) is 26.7 Å². The Hall–Kier alpha value is -0.920. The third-order valence-corrected chi connectivity index (χ3v) is 1.64. The van der Waals surface area contributed by atoms with Crippen LogP contribution in [0.25, 0.3) is 0 Å². The summed E-state index contributed by atoms with van der Waals surface area (Å²) in [5, 5.41) is 8.26. The summed E-state index contributed by atoms with van der Waals surface area (Å²) in [5.41, 5.74) is 0. The van der Waals surface area contributed by atoms with E-state index < -0.39 is 37.6 Å². The summed E-state index contributed by atoms with van der Waals surface area (Å²) >= 11 is 0. The summed E-state index contributed by atoms with van der Waals surface area (Å²) in [7, 11) is 1.01. The zero-order valence-electron chi connectivity index (χ0n) is 7.76. The fraction of sp³-hybridized carbons (Fsp3) is 0.857. The number of hydrogen-bond donors (Lipinski definition) is 1. The van der Waals surface area contributed by atoms with E-state index in [-0.39, 0.29) is 0 Å². The van der Waals surface area contributed by atoms with Crippen molar-refractivity contribution in [2.75, 3.05) is 20.1 Å². The highest BCUT2D eigenvalue weighted by molar-refractivity contribution is 5.71. The highest BCUT2D eigenvalue weighted by Crippen LogP contribution is 2.27. The Balaban J connectivity index is 4.37. The van der Waals surface area contributed by atoms with E-state index in [0.29, 0.717) is 4.90 Å². The minimum Gasteiger partial charge on any atom is -0.481 e. The number of nitrogens with zero attached hydrogens (tertiary/aromatic N) is 1. The monoisotopic (exact) mass is 235 g/mol. The van der Waals surface area contributed by atoms with Gasteiger partial charge in [0.1, 0.15) is 0 Å². The molecule has 0 rings (SSSR count). The Morgan fingerprint density at radius 3 is 2.07 bits per heavy atom. The molecule has 90 valence electrons. The molecule has 0 amide bonds. The molecule has 3 nitrogen and oxygen atoms in total. The second-order valence-corrected chi connectivity index (χ2v) is 3.04. The van der Waals surface area contributed by atoms with Gasteiger partial charge in [-0.25, -0.2) is 8.78 Å². The van der Waals surface area contributed by atoms with Gasteiger partial charge in [-0.05, 0) is 7.05 Å². The smallest absolute Gasteiger partial charge is 0.403 e. The number of rotatable bonds is 5. The summed E-state index contributed by atoms with van der Waals surface area (Å²) < 4.78 is 59.7. The lowest BCUT2D eigenvalue weighted by atomic mass is 10.1. The highest BCUT2D eigenvalue weighted by Gasteiger charge is 2.45. The number of halogens is 5. The van der Waals surface area contributed by atoms with Crippen LogP contribution in [0, 0.1) is 5.92 Å². The topological polar surface area (TPSA) is 40.5 Å². The van der Waals surface area contributed by atoms with Crippen LogP contribution in [-0.2, 0) is 4.79 Å². The van der Waals surface area contributed by atoms with Gasteiger partial charge in [0, 0.05) is 6.54 Å². The minimum atomic E-state index is -4.93. The standard InChI is InChI=1S/C7H10F5NO2/c1-13(3-5(8)9)2-4(6(14)15)7(10,11)12/h4-5H,2-3H2,1H3,(H,14,15).